The number of carbonyl (C=O) groups excluding carboxylic acids is 2. The lowest BCUT2D eigenvalue weighted by Crippen LogP contribution is -2.61. The standard InChI is InChI=1S/C13H18N4O3S/c1-4-20-12(15)17(11(14)18,13(19)16(2)3)21-10-8-6-5-7-9-10/h5-9,15H,4H2,1-3H3,(H-,14,18)/p+1. The van der Waals surface area contributed by atoms with Crippen molar-refractivity contribution < 1.29 is 18.2 Å². The molecule has 7 nitrogen and oxygen atoms in total. The van der Waals surface area contributed by atoms with Crippen LogP contribution in [0.5, 0.6) is 0 Å². The van der Waals surface area contributed by atoms with E-state index in [4.69, 9.17) is 15.9 Å². The van der Waals surface area contributed by atoms with Crippen molar-refractivity contribution in [1.82, 2.24) is 4.90 Å². The molecule has 3 N–H and O–H groups in total. The number of rotatable bonds is 3. The summed E-state index contributed by atoms with van der Waals surface area (Å²) < 4.78 is 4.01. The van der Waals surface area contributed by atoms with Gasteiger partial charge in [-0.15, -0.1) is 0 Å². The molecule has 4 amide bonds. The van der Waals surface area contributed by atoms with E-state index < -0.39 is 22.0 Å². The van der Waals surface area contributed by atoms with E-state index in [2.05, 4.69) is 0 Å². The van der Waals surface area contributed by atoms with E-state index in [1.807, 2.05) is 6.07 Å². The maximum absolute atomic E-state index is 12.5. The fourth-order valence-electron chi connectivity index (χ4n) is 1.56. The Kier molecular flexibility index (Phi) is 5.74. The minimum absolute atomic E-state index is 0.155. The number of nitrogens with zero attached hydrogens (tertiary/aromatic N) is 2. The monoisotopic (exact) mass is 311 g/mol. The van der Waals surface area contributed by atoms with Crippen molar-refractivity contribution in [3.05, 3.63) is 30.3 Å². The molecule has 1 aromatic rings. The number of urea groups is 2. The van der Waals surface area contributed by atoms with Crippen LogP contribution >= 0.6 is 11.9 Å². The zero-order valence-corrected chi connectivity index (χ0v) is 13.0. The molecule has 21 heavy (non-hydrogen) atoms. The van der Waals surface area contributed by atoms with Crippen molar-refractivity contribution >= 4 is 30.0 Å². The predicted octanol–water partition coefficient (Wildman–Crippen LogP) is 2.24. The molecule has 0 aromatic heterocycles. The van der Waals surface area contributed by atoms with Crippen LogP contribution in [-0.4, -0.2) is 47.6 Å². The number of primary amides is 1. The largest absolute Gasteiger partial charge is 0.449 e. The van der Waals surface area contributed by atoms with Gasteiger partial charge in [-0.2, -0.15) is 0 Å². The summed E-state index contributed by atoms with van der Waals surface area (Å²) in [7, 11) is 2.98. The highest BCUT2D eigenvalue weighted by molar-refractivity contribution is 7.95. The van der Waals surface area contributed by atoms with Gasteiger partial charge in [0, 0.05) is 14.1 Å². The van der Waals surface area contributed by atoms with Gasteiger partial charge >= 0.3 is 18.1 Å². The van der Waals surface area contributed by atoms with Crippen LogP contribution in [0.1, 0.15) is 6.92 Å². The summed E-state index contributed by atoms with van der Waals surface area (Å²) in [6.45, 7) is 1.82. The summed E-state index contributed by atoms with van der Waals surface area (Å²) in [5.41, 5.74) is 5.43. The first-order valence-corrected chi connectivity index (χ1v) is 7.01. The Morgan fingerprint density at radius 2 is 1.90 bits per heavy atom. The maximum Gasteiger partial charge on any atom is 0.449 e. The van der Waals surface area contributed by atoms with Crippen molar-refractivity contribution in [3.63, 3.8) is 0 Å². The zero-order chi connectivity index (χ0) is 16.0. The number of nitrogens with two attached hydrogens (primary N) is 1. The number of amidine groups is 1. The summed E-state index contributed by atoms with van der Waals surface area (Å²) in [4.78, 5) is 26.3. The van der Waals surface area contributed by atoms with Crippen LogP contribution in [-0.2, 0) is 4.74 Å². The number of imide groups is 1. The third-order valence-corrected chi connectivity index (χ3v) is 3.77. The molecule has 0 fully saturated rings. The molecule has 0 spiro atoms. The number of amides is 4. The van der Waals surface area contributed by atoms with E-state index >= 15 is 0 Å². The topological polar surface area (TPSA) is 96.5 Å². The van der Waals surface area contributed by atoms with Gasteiger partial charge in [-0.3, -0.25) is 4.90 Å². The SMILES string of the molecule is CCOC(=N)[N+](Sc1ccccc1)(C(N)=O)C(=O)N(C)C. The summed E-state index contributed by atoms with van der Waals surface area (Å²) in [5, 5.41) is 7.98. The van der Waals surface area contributed by atoms with Gasteiger partial charge < -0.3 is 10.5 Å². The minimum atomic E-state index is -1.09. The van der Waals surface area contributed by atoms with E-state index in [0.717, 1.165) is 11.9 Å². The van der Waals surface area contributed by atoms with Gasteiger partial charge in [-0.05, 0) is 22.9 Å². The average molecular weight is 311 g/mol. The highest BCUT2D eigenvalue weighted by atomic mass is 32.2. The molecular formula is C13H19N4O3S+. The first-order chi connectivity index (χ1) is 9.86. The summed E-state index contributed by atoms with van der Waals surface area (Å²) in [6, 6.07) is 6.63. The van der Waals surface area contributed by atoms with E-state index in [1.54, 1.807) is 31.2 Å². The molecule has 0 aliphatic heterocycles. The van der Waals surface area contributed by atoms with Gasteiger partial charge in [0.2, 0.25) is 0 Å². The molecular weight excluding hydrogens is 292 g/mol. The quantitative estimate of drug-likeness (QED) is 0.387. The molecule has 1 aromatic carbocycles. The predicted molar refractivity (Wildman–Crippen MR) is 80.6 cm³/mol. The van der Waals surface area contributed by atoms with Crippen molar-refractivity contribution in [1.29, 1.82) is 5.41 Å². The fraction of sp³-hybridized carbons (Fsp3) is 0.308. The highest BCUT2D eigenvalue weighted by Crippen LogP contribution is 2.33. The van der Waals surface area contributed by atoms with E-state index in [0.29, 0.717) is 4.90 Å². The van der Waals surface area contributed by atoms with Crippen molar-refractivity contribution in [2.75, 3.05) is 20.7 Å². The molecule has 1 atom stereocenters. The van der Waals surface area contributed by atoms with Crippen LogP contribution in [0, 0.1) is 5.41 Å². The molecule has 0 saturated carbocycles. The number of benzene rings is 1. The Morgan fingerprint density at radius 3 is 2.33 bits per heavy atom. The first kappa shape index (κ1) is 17.0. The van der Waals surface area contributed by atoms with E-state index in [-0.39, 0.29) is 6.61 Å². The molecule has 114 valence electrons. The third-order valence-electron chi connectivity index (χ3n) is 2.51. The lowest BCUT2D eigenvalue weighted by Gasteiger charge is -2.28. The smallest absolute Gasteiger partial charge is 0.436 e. The number of carbonyl (C=O) groups is 2. The summed E-state index contributed by atoms with van der Waals surface area (Å²) >= 11 is 0.851. The number of nitrogens with one attached hydrogen (secondary N) is 1. The van der Waals surface area contributed by atoms with Crippen LogP contribution in [0.4, 0.5) is 9.59 Å². The molecule has 0 saturated heterocycles. The number of hydrogen-bond donors (Lipinski definition) is 2. The van der Waals surface area contributed by atoms with Crippen molar-refractivity contribution in [2.24, 2.45) is 5.73 Å². The van der Waals surface area contributed by atoms with Crippen LogP contribution in [0.25, 0.3) is 0 Å². The fourth-order valence-corrected chi connectivity index (χ4v) is 2.62. The number of quaternary nitrogens is 1. The first-order valence-electron chi connectivity index (χ1n) is 6.23. The van der Waals surface area contributed by atoms with Crippen molar-refractivity contribution in [3.8, 4) is 0 Å². The van der Waals surface area contributed by atoms with Gasteiger partial charge in [0.1, 0.15) is 11.9 Å². The Labute approximate surface area is 127 Å². The van der Waals surface area contributed by atoms with Gasteiger partial charge in [0.15, 0.2) is 0 Å². The Hall–Kier alpha value is -2.06. The van der Waals surface area contributed by atoms with Gasteiger partial charge in [-0.25, -0.2) is 15.0 Å². The second-order valence-electron chi connectivity index (χ2n) is 4.27. The third kappa shape index (κ3) is 3.53. The second kappa shape index (κ2) is 7.09. The van der Waals surface area contributed by atoms with Gasteiger partial charge in [0.05, 0.1) is 11.5 Å². The van der Waals surface area contributed by atoms with Gasteiger partial charge in [-0.1, -0.05) is 18.2 Å². The Balaban J connectivity index is 3.34. The molecule has 1 rings (SSSR count). The molecule has 1 unspecified atom stereocenters. The lowest BCUT2D eigenvalue weighted by atomic mass is 10.4. The van der Waals surface area contributed by atoms with Crippen LogP contribution < -0.4 is 5.73 Å². The van der Waals surface area contributed by atoms with Crippen LogP contribution in [0.2, 0.25) is 0 Å². The molecule has 0 heterocycles. The Bertz CT molecular complexity index is 535. The molecule has 0 aliphatic carbocycles. The van der Waals surface area contributed by atoms with E-state index in [1.165, 1.54) is 19.0 Å². The second-order valence-corrected chi connectivity index (χ2v) is 5.47. The molecule has 0 aliphatic rings. The Morgan fingerprint density at radius 1 is 1.33 bits per heavy atom. The highest BCUT2D eigenvalue weighted by Gasteiger charge is 2.54. The van der Waals surface area contributed by atoms with Crippen LogP contribution in [0.3, 0.4) is 0 Å². The normalized spacial score (nSPS) is 13.1. The minimum Gasteiger partial charge on any atom is -0.436 e. The van der Waals surface area contributed by atoms with Gasteiger partial charge in [0.25, 0.3) is 0 Å². The number of ether oxygens (including phenoxy) is 1. The van der Waals surface area contributed by atoms with Crippen molar-refractivity contribution in [2.45, 2.75) is 11.8 Å². The van der Waals surface area contributed by atoms with Crippen LogP contribution in [0.15, 0.2) is 35.2 Å². The average Bonchev–Trinajstić information content (AvgIpc) is 2.44. The molecule has 8 heteroatoms. The summed E-state index contributed by atoms with van der Waals surface area (Å²) in [6.07, 6.45) is 0. The lowest BCUT2D eigenvalue weighted by molar-refractivity contribution is -0.529. The molecule has 0 radical (unpaired) electrons. The van der Waals surface area contributed by atoms with E-state index in [9.17, 15) is 9.59 Å². The summed E-state index contributed by atoms with van der Waals surface area (Å²) in [5.74, 6) is 0. The zero-order valence-electron chi connectivity index (χ0n) is 12.2. The maximum atomic E-state index is 12.5. The molecule has 0 bridgehead atoms. The number of hydrogen-bond acceptors (Lipinski definition) is 5.